The van der Waals surface area contributed by atoms with Crippen LogP contribution in [0, 0.1) is 0 Å². The molecule has 0 saturated heterocycles. The van der Waals surface area contributed by atoms with Crippen molar-refractivity contribution in [3.05, 3.63) is 82.0 Å². The van der Waals surface area contributed by atoms with E-state index in [1.165, 1.54) is 33.3 Å². The van der Waals surface area contributed by atoms with Crippen LogP contribution in [0.1, 0.15) is 30.7 Å². The van der Waals surface area contributed by atoms with Gasteiger partial charge in [0.25, 0.3) is 5.56 Å². The zero-order chi connectivity index (χ0) is 24.5. The molecule has 8 heteroatoms. The molecule has 4 heterocycles. The number of hydrogen-bond acceptors (Lipinski definition) is 3. The molecule has 0 unspecified atom stereocenters. The molecule has 1 aliphatic heterocycles. The lowest BCUT2D eigenvalue weighted by atomic mass is 10.1. The maximum atomic E-state index is 12.8. The molecule has 1 N–H and O–H groups in total. The van der Waals surface area contributed by atoms with Crippen LogP contribution in [0.2, 0.25) is 0 Å². The predicted octanol–water partition coefficient (Wildman–Crippen LogP) is 5.12. The van der Waals surface area contributed by atoms with Gasteiger partial charge in [0.05, 0.1) is 22.5 Å². The largest absolute Gasteiger partial charge is 0.417 e. The Hall–Kier alpha value is -3.39. The number of rotatable bonds is 2. The molecule has 0 spiro atoms. The van der Waals surface area contributed by atoms with E-state index >= 15 is 0 Å². The van der Waals surface area contributed by atoms with E-state index in [2.05, 4.69) is 28.0 Å². The smallest absolute Gasteiger partial charge is 0.347 e. The van der Waals surface area contributed by atoms with Crippen LogP contribution in [0.3, 0.4) is 0 Å². The van der Waals surface area contributed by atoms with E-state index < -0.39 is 11.7 Å². The molecule has 5 nitrogen and oxygen atoms in total. The molecule has 1 aliphatic rings. The number of hydrogen-bond donors (Lipinski definition) is 1. The molecule has 0 atom stereocenters. The first-order valence-electron chi connectivity index (χ1n) is 11.4. The normalized spacial score (nSPS) is 13.7. The van der Waals surface area contributed by atoms with Crippen LogP contribution < -0.4 is 10.9 Å². The Labute approximate surface area is 195 Å². The summed E-state index contributed by atoms with van der Waals surface area (Å²) < 4.78 is 42.0. The van der Waals surface area contributed by atoms with E-state index in [4.69, 9.17) is 0 Å². The van der Waals surface area contributed by atoms with Crippen LogP contribution in [0.15, 0.2) is 59.7 Å². The van der Waals surface area contributed by atoms with Gasteiger partial charge in [-0.1, -0.05) is 19.9 Å². The quantitative estimate of drug-likeness (QED) is 0.444. The fourth-order valence-electron chi connectivity index (χ4n) is 4.43. The van der Waals surface area contributed by atoms with Gasteiger partial charge >= 0.3 is 6.18 Å². The second-order valence-electron chi connectivity index (χ2n) is 7.99. The highest BCUT2D eigenvalue weighted by Crippen LogP contribution is 2.30. The van der Waals surface area contributed by atoms with E-state index in [1.807, 2.05) is 26.0 Å². The minimum atomic E-state index is -4.45. The Kier molecular flexibility index (Phi) is 6.61. The summed E-state index contributed by atoms with van der Waals surface area (Å²) in [5, 5.41) is 4.63. The molecule has 1 aromatic carbocycles. The SMILES string of the molecule is CC.Cn1c2c(c3ccc(-n4ccc(-c5ccc(C(F)(F)F)cn5)cc4=O)cc31)CCNCC2. The maximum absolute atomic E-state index is 12.8. The van der Waals surface area contributed by atoms with E-state index in [-0.39, 0.29) is 5.56 Å². The number of nitrogens with zero attached hydrogens (tertiary/aromatic N) is 3. The van der Waals surface area contributed by atoms with Crippen molar-refractivity contribution in [3.63, 3.8) is 0 Å². The molecular formula is C26H27F3N4O. The lowest BCUT2D eigenvalue weighted by molar-refractivity contribution is -0.137. The third kappa shape index (κ3) is 4.37. The summed E-state index contributed by atoms with van der Waals surface area (Å²) in [6, 6.07) is 11.3. The van der Waals surface area contributed by atoms with Crippen LogP contribution in [0.25, 0.3) is 27.8 Å². The summed E-state index contributed by atoms with van der Waals surface area (Å²) in [7, 11) is 2.05. The van der Waals surface area contributed by atoms with Crippen LogP contribution in [0.4, 0.5) is 13.2 Å². The fraction of sp³-hybridized carbons (Fsp3) is 0.308. The summed E-state index contributed by atoms with van der Waals surface area (Å²) in [6.45, 7) is 5.90. The van der Waals surface area contributed by atoms with Gasteiger partial charge in [-0.2, -0.15) is 13.2 Å². The molecule has 0 fully saturated rings. The lowest BCUT2D eigenvalue weighted by Gasteiger charge is -2.10. The number of aryl methyl sites for hydroxylation is 1. The molecule has 0 bridgehead atoms. The zero-order valence-corrected chi connectivity index (χ0v) is 19.4. The number of alkyl halides is 3. The summed E-state index contributed by atoms with van der Waals surface area (Å²) >= 11 is 0. The first-order valence-corrected chi connectivity index (χ1v) is 11.4. The predicted molar refractivity (Wildman–Crippen MR) is 128 cm³/mol. The second kappa shape index (κ2) is 9.46. The monoisotopic (exact) mass is 468 g/mol. The number of fused-ring (bicyclic) bond motifs is 3. The zero-order valence-electron chi connectivity index (χ0n) is 19.4. The minimum Gasteiger partial charge on any atom is -0.347 e. The molecule has 0 saturated carbocycles. The molecule has 0 aliphatic carbocycles. The van der Waals surface area contributed by atoms with Gasteiger partial charge in [0.15, 0.2) is 0 Å². The third-order valence-corrected chi connectivity index (χ3v) is 6.10. The van der Waals surface area contributed by atoms with Crippen molar-refractivity contribution in [2.45, 2.75) is 32.9 Å². The molecule has 34 heavy (non-hydrogen) atoms. The molecule has 0 radical (unpaired) electrons. The highest BCUT2D eigenvalue weighted by molar-refractivity contribution is 5.87. The summed E-state index contributed by atoms with van der Waals surface area (Å²) in [6.07, 6.45) is -0.0927. The van der Waals surface area contributed by atoms with Gasteiger partial charge < -0.3 is 9.88 Å². The van der Waals surface area contributed by atoms with Crippen molar-refractivity contribution >= 4 is 10.9 Å². The Bertz CT molecular complexity index is 1370. The van der Waals surface area contributed by atoms with Gasteiger partial charge in [-0.25, -0.2) is 0 Å². The highest BCUT2D eigenvalue weighted by Gasteiger charge is 2.30. The van der Waals surface area contributed by atoms with Crippen LogP contribution >= 0.6 is 0 Å². The van der Waals surface area contributed by atoms with E-state index in [0.717, 1.165) is 49.4 Å². The fourth-order valence-corrected chi connectivity index (χ4v) is 4.43. The van der Waals surface area contributed by atoms with Crippen LogP contribution in [-0.2, 0) is 26.1 Å². The van der Waals surface area contributed by atoms with Gasteiger partial charge in [0, 0.05) is 55.1 Å². The Balaban J connectivity index is 0.00000133. The van der Waals surface area contributed by atoms with Gasteiger partial charge in [-0.15, -0.1) is 0 Å². The summed E-state index contributed by atoms with van der Waals surface area (Å²) in [5.41, 5.74) is 4.19. The standard InChI is InChI=1S/C24H21F3N4O.C2H6/c1-30-21-7-10-28-9-6-19(21)18-4-3-17(13-22(18)30)31-11-8-15(12-23(31)32)20-5-2-16(14-29-20)24(25,26)27;1-2/h2-5,8,11-14,28H,6-7,9-10H2,1H3;1-2H3. The molecular weight excluding hydrogens is 441 g/mol. The summed E-state index contributed by atoms with van der Waals surface area (Å²) in [4.78, 5) is 16.7. The second-order valence-corrected chi connectivity index (χ2v) is 7.99. The number of halogens is 3. The number of benzene rings is 1. The summed E-state index contributed by atoms with van der Waals surface area (Å²) in [5.74, 6) is 0. The Morgan fingerprint density at radius 1 is 1.00 bits per heavy atom. The molecule has 3 aromatic heterocycles. The highest BCUT2D eigenvalue weighted by atomic mass is 19.4. The van der Waals surface area contributed by atoms with Crippen LogP contribution in [-0.4, -0.2) is 27.2 Å². The Morgan fingerprint density at radius 2 is 1.76 bits per heavy atom. The topological polar surface area (TPSA) is 51.9 Å². The first-order chi connectivity index (χ1) is 16.3. The lowest BCUT2D eigenvalue weighted by Crippen LogP contribution is -2.17. The van der Waals surface area contributed by atoms with Crippen molar-refractivity contribution in [3.8, 4) is 16.9 Å². The molecule has 5 rings (SSSR count). The van der Waals surface area contributed by atoms with Crippen molar-refractivity contribution in [1.82, 2.24) is 19.4 Å². The van der Waals surface area contributed by atoms with E-state index in [0.29, 0.717) is 11.3 Å². The van der Waals surface area contributed by atoms with E-state index in [9.17, 15) is 18.0 Å². The molecule has 178 valence electrons. The third-order valence-electron chi connectivity index (χ3n) is 6.10. The Morgan fingerprint density at radius 3 is 2.44 bits per heavy atom. The number of aromatic nitrogens is 3. The number of pyridine rings is 2. The van der Waals surface area contributed by atoms with Crippen molar-refractivity contribution in [1.29, 1.82) is 0 Å². The average Bonchev–Trinajstić information content (AvgIpc) is 2.98. The van der Waals surface area contributed by atoms with Crippen molar-refractivity contribution in [2.75, 3.05) is 13.1 Å². The van der Waals surface area contributed by atoms with Crippen LogP contribution in [0.5, 0.6) is 0 Å². The number of nitrogens with one attached hydrogen (secondary N) is 1. The van der Waals surface area contributed by atoms with Gasteiger partial charge in [-0.3, -0.25) is 14.3 Å². The van der Waals surface area contributed by atoms with E-state index in [1.54, 1.807) is 12.3 Å². The van der Waals surface area contributed by atoms with Crippen molar-refractivity contribution < 1.29 is 13.2 Å². The average molecular weight is 469 g/mol. The maximum Gasteiger partial charge on any atom is 0.417 e. The minimum absolute atomic E-state index is 0.275. The molecule has 0 amide bonds. The first kappa shape index (κ1) is 23.8. The van der Waals surface area contributed by atoms with Gasteiger partial charge in [-0.05, 0) is 48.9 Å². The molecule has 4 aromatic rings. The van der Waals surface area contributed by atoms with Gasteiger partial charge in [0.2, 0.25) is 0 Å². The van der Waals surface area contributed by atoms with Crippen molar-refractivity contribution in [2.24, 2.45) is 7.05 Å². The van der Waals surface area contributed by atoms with Gasteiger partial charge in [0.1, 0.15) is 0 Å².